The lowest BCUT2D eigenvalue weighted by molar-refractivity contribution is -0.0504. The number of ether oxygens (including phenoxy) is 1. The second kappa shape index (κ2) is 5.86. The van der Waals surface area contributed by atoms with E-state index in [1.807, 2.05) is 0 Å². The average Bonchev–Trinajstić information content (AvgIpc) is 2.44. The number of unbranched alkanes of at least 4 members (excludes halogenated alkanes) is 3. The highest BCUT2D eigenvalue weighted by molar-refractivity contribution is 4.91. The van der Waals surface area contributed by atoms with E-state index >= 15 is 0 Å². The van der Waals surface area contributed by atoms with Crippen molar-refractivity contribution in [3.63, 3.8) is 0 Å². The van der Waals surface area contributed by atoms with Crippen molar-refractivity contribution in [3.05, 3.63) is 0 Å². The fourth-order valence-electron chi connectivity index (χ4n) is 2.26. The molecule has 0 radical (unpaired) electrons. The Morgan fingerprint density at radius 3 is 2.53 bits per heavy atom. The number of aliphatic hydroxyl groups is 1. The Morgan fingerprint density at radius 1 is 1.27 bits per heavy atom. The summed E-state index contributed by atoms with van der Waals surface area (Å²) in [6.45, 7) is 7.28. The molecular weight excluding hydrogens is 188 g/mol. The van der Waals surface area contributed by atoms with E-state index in [9.17, 15) is 5.11 Å². The molecule has 2 heteroatoms. The topological polar surface area (TPSA) is 29.5 Å². The first-order chi connectivity index (χ1) is 7.08. The Labute approximate surface area is 94.0 Å². The van der Waals surface area contributed by atoms with Crippen LogP contribution in [-0.4, -0.2) is 23.9 Å². The van der Waals surface area contributed by atoms with Gasteiger partial charge in [-0.2, -0.15) is 0 Å². The van der Waals surface area contributed by atoms with Crippen molar-refractivity contribution >= 4 is 0 Å². The standard InChI is InChI=1S/C13H26O2/c1-4-5-6-7-10-15-11-8-9-13(2,3)12(11)14/h11-12,14H,4-10H2,1-3H3. The van der Waals surface area contributed by atoms with E-state index < -0.39 is 0 Å². The number of rotatable bonds is 6. The third-order valence-electron chi connectivity index (χ3n) is 3.56. The van der Waals surface area contributed by atoms with Gasteiger partial charge in [0, 0.05) is 6.61 Å². The lowest BCUT2D eigenvalue weighted by atomic mass is 9.89. The molecule has 0 aromatic carbocycles. The molecule has 1 saturated carbocycles. The van der Waals surface area contributed by atoms with Crippen LogP contribution in [0.3, 0.4) is 0 Å². The number of hydrogen-bond donors (Lipinski definition) is 1. The van der Waals surface area contributed by atoms with Gasteiger partial charge in [0.2, 0.25) is 0 Å². The summed E-state index contributed by atoms with van der Waals surface area (Å²) >= 11 is 0. The minimum atomic E-state index is -0.274. The maximum atomic E-state index is 9.99. The molecule has 2 atom stereocenters. The van der Waals surface area contributed by atoms with Gasteiger partial charge < -0.3 is 9.84 Å². The minimum Gasteiger partial charge on any atom is -0.390 e. The summed E-state index contributed by atoms with van der Waals surface area (Å²) in [7, 11) is 0. The average molecular weight is 214 g/mol. The van der Waals surface area contributed by atoms with Crippen molar-refractivity contribution in [3.8, 4) is 0 Å². The summed E-state index contributed by atoms with van der Waals surface area (Å²) in [5.41, 5.74) is 0.0497. The van der Waals surface area contributed by atoms with Gasteiger partial charge in [0.25, 0.3) is 0 Å². The summed E-state index contributed by atoms with van der Waals surface area (Å²) in [5, 5.41) is 9.99. The molecule has 0 aliphatic heterocycles. The van der Waals surface area contributed by atoms with E-state index in [4.69, 9.17) is 4.74 Å². The molecule has 90 valence electrons. The van der Waals surface area contributed by atoms with Gasteiger partial charge in [-0.05, 0) is 24.7 Å². The van der Waals surface area contributed by atoms with Crippen molar-refractivity contribution in [1.29, 1.82) is 0 Å². The van der Waals surface area contributed by atoms with Crippen LogP contribution in [0, 0.1) is 5.41 Å². The van der Waals surface area contributed by atoms with E-state index in [1.54, 1.807) is 0 Å². The van der Waals surface area contributed by atoms with Crippen LogP contribution in [0.25, 0.3) is 0 Å². The highest BCUT2D eigenvalue weighted by Crippen LogP contribution is 2.38. The smallest absolute Gasteiger partial charge is 0.0852 e. The highest BCUT2D eigenvalue weighted by Gasteiger charge is 2.41. The molecule has 1 fully saturated rings. The monoisotopic (exact) mass is 214 g/mol. The van der Waals surface area contributed by atoms with Gasteiger partial charge in [0.15, 0.2) is 0 Å². The molecule has 15 heavy (non-hydrogen) atoms. The zero-order valence-electron chi connectivity index (χ0n) is 10.5. The predicted octanol–water partition coefficient (Wildman–Crippen LogP) is 3.13. The number of aliphatic hydroxyl groups excluding tert-OH is 1. The van der Waals surface area contributed by atoms with Crippen molar-refractivity contribution in [1.82, 2.24) is 0 Å². The lowest BCUT2D eigenvalue weighted by Gasteiger charge is -2.25. The van der Waals surface area contributed by atoms with Crippen LogP contribution in [0.15, 0.2) is 0 Å². The van der Waals surface area contributed by atoms with Gasteiger partial charge in [-0.3, -0.25) is 0 Å². The molecule has 0 saturated heterocycles. The van der Waals surface area contributed by atoms with E-state index in [-0.39, 0.29) is 17.6 Å². The van der Waals surface area contributed by atoms with Crippen LogP contribution in [0.2, 0.25) is 0 Å². The Morgan fingerprint density at radius 2 is 2.00 bits per heavy atom. The van der Waals surface area contributed by atoms with Crippen LogP contribution >= 0.6 is 0 Å². The first-order valence-corrected chi connectivity index (χ1v) is 6.37. The summed E-state index contributed by atoms with van der Waals surface area (Å²) < 4.78 is 5.75. The summed E-state index contributed by atoms with van der Waals surface area (Å²) in [6, 6.07) is 0. The van der Waals surface area contributed by atoms with E-state index in [0.717, 1.165) is 25.9 Å². The fraction of sp³-hybridized carbons (Fsp3) is 1.00. The minimum absolute atomic E-state index is 0.0497. The molecule has 0 spiro atoms. The second-order valence-electron chi connectivity index (χ2n) is 5.44. The molecule has 2 unspecified atom stereocenters. The van der Waals surface area contributed by atoms with E-state index in [0.29, 0.717) is 0 Å². The van der Waals surface area contributed by atoms with Crippen molar-refractivity contribution in [2.45, 2.75) is 71.5 Å². The van der Waals surface area contributed by atoms with Crippen LogP contribution in [0.5, 0.6) is 0 Å². The Kier molecular flexibility index (Phi) is 5.07. The van der Waals surface area contributed by atoms with Crippen LogP contribution in [0.1, 0.15) is 59.3 Å². The van der Waals surface area contributed by atoms with Crippen molar-refractivity contribution in [2.24, 2.45) is 5.41 Å². The Bertz CT molecular complexity index is 177. The van der Waals surface area contributed by atoms with Gasteiger partial charge in [0.05, 0.1) is 12.2 Å². The maximum absolute atomic E-state index is 9.99. The third kappa shape index (κ3) is 3.76. The first-order valence-electron chi connectivity index (χ1n) is 6.37. The normalized spacial score (nSPS) is 29.6. The van der Waals surface area contributed by atoms with Gasteiger partial charge in [-0.15, -0.1) is 0 Å². The molecule has 2 nitrogen and oxygen atoms in total. The van der Waals surface area contributed by atoms with Crippen LogP contribution in [-0.2, 0) is 4.74 Å². The maximum Gasteiger partial charge on any atom is 0.0852 e. The SMILES string of the molecule is CCCCCCOC1CCC(C)(C)C1O. The molecular formula is C13H26O2. The Balaban J connectivity index is 2.12. The predicted molar refractivity (Wildman–Crippen MR) is 62.9 cm³/mol. The fourth-order valence-corrected chi connectivity index (χ4v) is 2.26. The molecule has 1 N–H and O–H groups in total. The van der Waals surface area contributed by atoms with Crippen LogP contribution < -0.4 is 0 Å². The third-order valence-corrected chi connectivity index (χ3v) is 3.56. The molecule has 1 rings (SSSR count). The first kappa shape index (κ1) is 13.0. The molecule has 0 aromatic rings. The largest absolute Gasteiger partial charge is 0.390 e. The van der Waals surface area contributed by atoms with Crippen LogP contribution in [0.4, 0.5) is 0 Å². The summed E-state index contributed by atoms with van der Waals surface area (Å²) in [4.78, 5) is 0. The zero-order chi connectivity index (χ0) is 11.3. The summed E-state index contributed by atoms with van der Waals surface area (Å²) in [5.74, 6) is 0. The number of hydrogen-bond acceptors (Lipinski definition) is 2. The zero-order valence-corrected chi connectivity index (χ0v) is 10.5. The van der Waals surface area contributed by atoms with Gasteiger partial charge in [-0.25, -0.2) is 0 Å². The summed E-state index contributed by atoms with van der Waals surface area (Å²) in [6.07, 6.45) is 6.85. The molecule has 1 aliphatic carbocycles. The van der Waals surface area contributed by atoms with E-state index in [2.05, 4.69) is 20.8 Å². The highest BCUT2D eigenvalue weighted by atomic mass is 16.5. The lowest BCUT2D eigenvalue weighted by Crippen LogP contribution is -2.33. The second-order valence-corrected chi connectivity index (χ2v) is 5.44. The Hall–Kier alpha value is -0.0800. The quantitative estimate of drug-likeness (QED) is 0.688. The van der Waals surface area contributed by atoms with Crippen molar-refractivity contribution in [2.75, 3.05) is 6.61 Å². The van der Waals surface area contributed by atoms with Gasteiger partial charge in [-0.1, -0.05) is 40.0 Å². The van der Waals surface area contributed by atoms with Gasteiger partial charge >= 0.3 is 0 Å². The molecule has 1 aliphatic rings. The molecule has 0 amide bonds. The molecule has 0 aromatic heterocycles. The van der Waals surface area contributed by atoms with E-state index in [1.165, 1.54) is 19.3 Å². The molecule has 0 bridgehead atoms. The molecule has 0 heterocycles. The van der Waals surface area contributed by atoms with Crippen molar-refractivity contribution < 1.29 is 9.84 Å². The van der Waals surface area contributed by atoms with Gasteiger partial charge in [0.1, 0.15) is 0 Å².